The molecule has 0 unspecified atom stereocenters. The number of aromatic nitrogens is 3. The van der Waals surface area contributed by atoms with E-state index in [0.29, 0.717) is 22.6 Å². The van der Waals surface area contributed by atoms with E-state index in [9.17, 15) is 9.59 Å². The maximum atomic E-state index is 12.6. The summed E-state index contributed by atoms with van der Waals surface area (Å²) in [6, 6.07) is 12.6. The van der Waals surface area contributed by atoms with Gasteiger partial charge in [-0.1, -0.05) is 23.5 Å². The van der Waals surface area contributed by atoms with Gasteiger partial charge in [-0.3, -0.25) is 19.6 Å². The number of aryl methyl sites for hydroxylation is 1. The Kier molecular flexibility index (Phi) is 4.33. The monoisotopic (exact) mass is 380 g/mol. The molecule has 7 nitrogen and oxygen atoms in total. The van der Waals surface area contributed by atoms with Crippen molar-refractivity contribution in [3.63, 3.8) is 0 Å². The van der Waals surface area contributed by atoms with Crippen LogP contribution in [-0.2, 0) is 7.05 Å². The van der Waals surface area contributed by atoms with Gasteiger partial charge in [0, 0.05) is 12.4 Å². The summed E-state index contributed by atoms with van der Waals surface area (Å²) in [5.74, 6) is 0.169. The summed E-state index contributed by atoms with van der Waals surface area (Å²) < 4.78 is 7.89. The summed E-state index contributed by atoms with van der Waals surface area (Å²) in [5, 5.41) is 7.68. The molecule has 2 aromatic carbocycles. The summed E-state index contributed by atoms with van der Waals surface area (Å²) in [6.07, 6.45) is 0. The molecule has 0 spiro atoms. The van der Waals surface area contributed by atoms with Crippen molar-refractivity contribution in [1.29, 1.82) is 0 Å². The zero-order chi connectivity index (χ0) is 19.0. The van der Waals surface area contributed by atoms with Gasteiger partial charge in [0.2, 0.25) is 5.43 Å². The number of hydrogen-bond donors (Lipinski definition) is 1. The number of nitrogens with zero attached hydrogens (tertiary/aromatic N) is 3. The van der Waals surface area contributed by atoms with Gasteiger partial charge < -0.3 is 4.74 Å². The van der Waals surface area contributed by atoms with Crippen molar-refractivity contribution in [2.75, 3.05) is 11.9 Å². The Bertz CT molecular complexity index is 1230. The van der Waals surface area contributed by atoms with Gasteiger partial charge in [0.1, 0.15) is 5.75 Å². The van der Waals surface area contributed by atoms with E-state index in [4.69, 9.17) is 4.74 Å². The molecular weight excluding hydrogens is 364 g/mol. The standard InChI is InChI=1S/C19H16N4O3S/c1-3-26-11-8-9-13-15(10-11)27-19(20-13)21-18(25)16-17(24)12-6-4-5-7-14(12)23(2)22-16/h4-10H,3H2,1-2H3,(H,20,21,25). The fraction of sp³-hybridized carbons (Fsp3) is 0.158. The largest absolute Gasteiger partial charge is 0.494 e. The molecule has 2 aromatic heterocycles. The molecule has 0 radical (unpaired) electrons. The maximum absolute atomic E-state index is 12.6. The summed E-state index contributed by atoms with van der Waals surface area (Å²) in [5.41, 5.74) is 0.854. The topological polar surface area (TPSA) is 86.1 Å². The van der Waals surface area contributed by atoms with Gasteiger partial charge >= 0.3 is 0 Å². The molecule has 4 rings (SSSR count). The number of hydrogen-bond acceptors (Lipinski definition) is 6. The molecule has 0 aliphatic heterocycles. The predicted octanol–water partition coefficient (Wildman–Crippen LogP) is 3.19. The zero-order valence-corrected chi connectivity index (χ0v) is 15.5. The van der Waals surface area contributed by atoms with Crippen LogP contribution in [0.2, 0.25) is 0 Å². The first kappa shape index (κ1) is 17.2. The molecule has 0 fully saturated rings. The lowest BCUT2D eigenvalue weighted by Crippen LogP contribution is -2.26. The van der Waals surface area contributed by atoms with Crippen molar-refractivity contribution in [3.05, 3.63) is 58.4 Å². The molecule has 136 valence electrons. The quantitative estimate of drug-likeness (QED) is 0.588. The highest BCUT2D eigenvalue weighted by Crippen LogP contribution is 2.29. The molecule has 0 bridgehead atoms. The van der Waals surface area contributed by atoms with E-state index in [1.54, 1.807) is 25.2 Å². The second kappa shape index (κ2) is 6.81. The Balaban J connectivity index is 1.68. The van der Waals surface area contributed by atoms with E-state index in [1.807, 2.05) is 31.2 Å². The van der Waals surface area contributed by atoms with Crippen LogP contribution in [0.4, 0.5) is 5.13 Å². The van der Waals surface area contributed by atoms with Gasteiger partial charge in [-0.2, -0.15) is 5.10 Å². The second-order valence-corrected chi connectivity index (χ2v) is 6.88. The first-order valence-electron chi connectivity index (χ1n) is 8.37. The van der Waals surface area contributed by atoms with Gasteiger partial charge in [0.15, 0.2) is 10.8 Å². The Hall–Kier alpha value is -3.26. The van der Waals surface area contributed by atoms with Gasteiger partial charge in [-0.25, -0.2) is 4.98 Å². The van der Waals surface area contributed by atoms with Gasteiger partial charge in [0.05, 0.1) is 22.3 Å². The Labute approximate surface area is 158 Å². The third-order valence-corrected chi connectivity index (χ3v) is 5.00. The molecule has 1 N–H and O–H groups in total. The average molecular weight is 380 g/mol. The molecule has 2 heterocycles. The number of rotatable bonds is 4. The normalized spacial score (nSPS) is 11.0. The highest BCUT2D eigenvalue weighted by Gasteiger charge is 2.18. The summed E-state index contributed by atoms with van der Waals surface area (Å²) in [4.78, 5) is 29.7. The summed E-state index contributed by atoms with van der Waals surface area (Å²) >= 11 is 1.31. The predicted molar refractivity (Wildman–Crippen MR) is 106 cm³/mol. The van der Waals surface area contributed by atoms with Gasteiger partial charge in [-0.05, 0) is 37.3 Å². The fourth-order valence-electron chi connectivity index (χ4n) is 2.84. The molecule has 0 atom stereocenters. The summed E-state index contributed by atoms with van der Waals surface area (Å²) in [6.45, 7) is 2.49. The van der Waals surface area contributed by atoms with Crippen LogP contribution >= 0.6 is 11.3 Å². The summed E-state index contributed by atoms with van der Waals surface area (Å²) in [7, 11) is 1.70. The van der Waals surface area contributed by atoms with Crippen molar-refractivity contribution in [2.24, 2.45) is 7.05 Å². The zero-order valence-electron chi connectivity index (χ0n) is 14.7. The van der Waals surface area contributed by atoms with Crippen molar-refractivity contribution in [2.45, 2.75) is 6.92 Å². The Morgan fingerprint density at radius 2 is 2.07 bits per heavy atom. The fourth-order valence-corrected chi connectivity index (χ4v) is 3.73. The maximum Gasteiger partial charge on any atom is 0.281 e. The van der Waals surface area contributed by atoms with Crippen LogP contribution in [0, 0.1) is 0 Å². The molecule has 4 aromatic rings. The van der Waals surface area contributed by atoms with Crippen LogP contribution in [0.25, 0.3) is 21.1 Å². The van der Waals surface area contributed by atoms with Crippen molar-refractivity contribution in [3.8, 4) is 5.75 Å². The highest BCUT2D eigenvalue weighted by atomic mass is 32.1. The number of carbonyl (C=O) groups is 1. The number of nitrogens with one attached hydrogen (secondary N) is 1. The average Bonchev–Trinajstić information content (AvgIpc) is 3.06. The Morgan fingerprint density at radius 3 is 2.89 bits per heavy atom. The van der Waals surface area contributed by atoms with Crippen LogP contribution in [0.5, 0.6) is 5.75 Å². The van der Waals surface area contributed by atoms with Crippen molar-refractivity contribution < 1.29 is 9.53 Å². The van der Waals surface area contributed by atoms with Crippen LogP contribution < -0.4 is 15.5 Å². The molecule has 8 heteroatoms. The Morgan fingerprint density at radius 1 is 1.26 bits per heavy atom. The van der Waals surface area contributed by atoms with Crippen molar-refractivity contribution in [1.82, 2.24) is 14.8 Å². The molecule has 1 amide bonds. The number of anilines is 1. The van der Waals surface area contributed by atoms with E-state index < -0.39 is 11.3 Å². The lowest BCUT2D eigenvalue weighted by Gasteiger charge is -2.07. The minimum atomic E-state index is -0.578. The number of ether oxygens (including phenoxy) is 1. The molecule has 0 aliphatic carbocycles. The van der Waals surface area contributed by atoms with E-state index in [2.05, 4.69) is 15.4 Å². The number of carbonyl (C=O) groups excluding carboxylic acids is 1. The van der Waals surface area contributed by atoms with Crippen molar-refractivity contribution >= 4 is 43.5 Å². The molecule has 0 aliphatic rings. The third-order valence-electron chi connectivity index (χ3n) is 4.07. The van der Waals surface area contributed by atoms with Crippen LogP contribution in [-0.4, -0.2) is 27.3 Å². The minimum Gasteiger partial charge on any atom is -0.494 e. The highest BCUT2D eigenvalue weighted by molar-refractivity contribution is 7.22. The molecule has 0 saturated heterocycles. The second-order valence-electron chi connectivity index (χ2n) is 5.85. The molecular formula is C19H16N4O3S. The van der Waals surface area contributed by atoms with E-state index in [1.165, 1.54) is 16.0 Å². The molecule has 27 heavy (non-hydrogen) atoms. The first-order valence-corrected chi connectivity index (χ1v) is 9.19. The van der Waals surface area contributed by atoms with Crippen LogP contribution in [0.3, 0.4) is 0 Å². The lowest BCUT2D eigenvalue weighted by molar-refractivity contribution is 0.101. The minimum absolute atomic E-state index is 0.162. The van der Waals surface area contributed by atoms with E-state index >= 15 is 0 Å². The molecule has 0 saturated carbocycles. The van der Waals surface area contributed by atoms with Gasteiger partial charge in [-0.15, -0.1) is 0 Å². The number of thiazole rings is 1. The number of fused-ring (bicyclic) bond motifs is 2. The third kappa shape index (κ3) is 3.15. The first-order chi connectivity index (χ1) is 13.1. The van der Waals surface area contributed by atoms with Crippen LogP contribution in [0.1, 0.15) is 17.4 Å². The number of amides is 1. The van der Waals surface area contributed by atoms with Crippen LogP contribution in [0.15, 0.2) is 47.3 Å². The smallest absolute Gasteiger partial charge is 0.281 e. The number of benzene rings is 2. The van der Waals surface area contributed by atoms with E-state index in [0.717, 1.165) is 16.0 Å². The van der Waals surface area contributed by atoms with E-state index in [-0.39, 0.29) is 5.69 Å². The SMILES string of the molecule is CCOc1ccc2nc(NC(=O)c3nn(C)c4ccccc4c3=O)sc2c1. The van der Waals surface area contributed by atoms with Gasteiger partial charge in [0.25, 0.3) is 5.91 Å². The lowest BCUT2D eigenvalue weighted by atomic mass is 10.2. The number of para-hydroxylation sites is 1.